The Labute approximate surface area is 200 Å². The SMILES string of the molecule is Cc1ccccc1-c1cc(NC(=O)Cn2cnc3ccc(F)cc3c2=O)n(Cc2ccccc2)n1. The first-order chi connectivity index (χ1) is 17.0. The number of nitrogens with zero attached hydrogens (tertiary/aromatic N) is 4. The lowest BCUT2D eigenvalue weighted by Gasteiger charge is -2.10. The van der Waals surface area contributed by atoms with Gasteiger partial charge in [-0.25, -0.2) is 14.1 Å². The molecule has 35 heavy (non-hydrogen) atoms. The van der Waals surface area contributed by atoms with Crippen LogP contribution < -0.4 is 10.9 Å². The van der Waals surface area contributed by atoms with Crippen LogP contribution in [0.1, 0.15) is 11.1 Å². The highest BCUT2D eigenvalue weighted by Crippen LogP contribution is 2.25. The van der Waals surface area contributed by atoms with Crippen molar-refractivity contribution in [1.82, 2.24) is 19.3 Å². The Kier molecular flexibility index (Phi) is 5.93. The van der Waals surface area contributed by atoms with Gasteiger partial charge in [-0.05, 0) is 36.2 Å². The van der Waals surface area contributed by atoms with Gasteiger partial charge in [0.25, 0.3) is 5.56 Å². The van der Waals surface area contributed by atoms with Gasteiger partial charge in [-0.3, -0.25) is 14.2 Å². The standard InChI is InChI=1S/C27H22FN5O2/c1-18-7-5-6-10-21(18)24-14-25(33(31-24)15-19-8-3-2-4-9-19)30-26(34)16-32-17-29-23-12-11-20(28)13-22(23)27(32)35/h2-14,17H,15-16H2,1H3,(H,30,34). The molecule has 2 heterocycles. The molecule has 0 spiro atoms. The predicted molar refractivity (Wildman–Crippen MR) is 133 cm³/mol. The average molecular weight is 468 g/mol. The highest BCUT2D eigenvalue weighted by Gasteiger charge is 2.15. The van der Waals surface area contributed by atoms with Gasteiger partial charge in [0.15, 0.2) is 0 Å². The van der Waals surface area contributed by atoms with Crippen LogP contribution in [0.4, 0.5) is 10.2 Å². The molecule has 5 rings (SSSR count). The van der Waals surface area contributed by atoms with Gasteiger partial charge in [0.05, 0.1) is 29.5 Å². The largest absolute Gasteiger partial charge is 0.309 e. The summed E-state index contributed by atoms with van der Waals surface area (Å²) in [6.07, 6.45) is 1.29. The number of nitrogens with one attached hydrogen (secondary N) is 1. The second-order valence-corrected chi connectivity index (χ2v) is 8.26. The minimum atomic E-state index is -0.535. The second-order valence-electron chi connectivity index (χ2n) is 8.26. The van der Waals surface area contributed by atoms with Crippen LogP contribution >= 0.6 is 0 Å². The van der Waals surface area contributed by atoms with E-state index in [9.17, 15) is 14.0 Å². The van der Waals surface area contributed by atoms with Crippen LogP contribution in [0.2, 0.25) is 0 Å². The van der Waals surface area contributed by atoms with Gasteiger partial charge in [-0.2, -0.15) is 5.10 Å². The molecule has 7 nitrogen and oxygen atoms in total. The van der Waals surface area contributed by atoms with Crippen molar-refractivity contribution in [1.29, 1.82) is 0 Å². The smallest absolute Gasteiger partial charge is 0.261 e. The van der Waals surface area contributed by atoms with Crippen molar-refractivity contribution in [2.75, 3.05) is 5.32 Å². The summed E-state index contributed by atoms with van der Waals surface area (Å²) in [5, 5.41) is 7.74. The number of benzene rings is 3. The molecule has 0 saturated heterocycles. The molecule has 0 saturated carbocycles. The molecule has 0 aliphatic heterocycles. The number of fused-ring (bicyclic) bond motifs is 1. The number of aryl methyl sites for hydroxylation is 1. The predicted octanol–water partition coefficient (Wildman–Crippen LogP) is 4.39. The molecular formula is C27H22FN5O2. The molecule has 3 aromatic carbocycles. The van der Waals surface area contributed by atoms with E-state index in [0.717, 1.165) is 33.0 Å². The lowest BCUT2D eigenvalue weighted by Crippen LogP contribution is -2.28. The summed E-state index contributed by atoms with van der Waals surface area (Å²) in [5.74, 6) is -0.452. The normalized spacial score (nSPS) is 11.0. The highest BCUT2D eigenvalue weighted by molar-refractivity contribution is 5.90. The Morgan fingerprint density at radius 3 is 2.57 bits per heavy atom. The molecule has 0 unspecified atom stereocenters. The van der Waals surface area contributed by atoms with Crippen molar-refractivity contribution in [3.05, 3.63) is 112 Å². The number of anilines is 1. The van der Waals surface area contributed by atoms with Crippen molar-refractivity contribution in [3.8, 4) is 11.3 Å². The van der Waals surface area contributed by atoms with Crippen LogP contribution in [0.3, 0.4) is 0 Å². The van der Waals surface area contributed by atoms with Crippen molar-refractivity contribution in [3.63, 3.8) is 0 Å². The van der Waals surface area contributed by atoms with Crippen molar-refractivity contribution in [2.45, 2.75) is 20.0 Å². The molecule has 1 amide bonds. The minimum Gasteiger partial charge on any atom is -0.309 e. The van der Waals surface area contributed by atoms with E-state index < -0.39 is 17.3 Å². The fourth-order valence-electron chi connectivity index (χ4n) is 3.97. The van der Waals surface area contributed by atoms with E-state index in [-0.39, 0.29) is 11.9 Å². The fourth-order valence-corrected chi connectivity index (χ4v) is 3.97. The molecule has 0 aliphatic rings. The van der Waals surface area contributed by atoms with E-state index in [1.54, 1.807) is 4.68 Å². The number of amides is 1. The average Bonchev–Trinajstić information content (AvgIpc) is 3.23. The Morgan fingerprint density at radius 1 is 1.00 bits per heavy atom. The Bertz CT molecular complexity index is 1590. The molecule has 2 aromatic heterocycles. The fraction of sp³-hybridized carbons (Fsp3) is 0.111. The van der Waals surface area contributed by atoms with Crippen LogP contribution in [0.5, 0.6) is 0 Å². The highest BCUT2D eigenvalue weighted by atomic mass is 19.1. The molecule has 5 aromatic rings. The summed E-state index contributed by atoms with van der Waals surface area (Å²) < 4.78 is 16.5. The van der Waals surface area contributed by atoms with Crippen LogP contribution in [-0.4, -0.2) is 25.2 Å². The van der Waals surface area contributed by atoms with E-state index >= 15 is 0 Å². The van der Waals surface area contributed by atoms with Gasteiger partial charge in [0.1, 0.15) is 18.2 Å². The van der Waals surface area contributed by atoms with E-state index in [1.165, 1.54) is 18.5 Å². The van der Waals surface area contributed by atoms with Gasteiger partial charge in [-0.1, -0.05) is 54.6 Å². The molecule has 8 heteroatoms. The van der Waals surface area contributed by atoms with Gasteiger partial charge in [-0.15, -0.1) is 0 Å². The first kappa shape index (κ1) is 22.2. The van der Waals surface area contributed by atoms with Crippen molar-refractivity contribution >= 4 is 22.6 Å². The summed E-state index contributed by atoms with van der Waals surface area (Å²) in [7, 11) is 0. The van der Waals surface area contributed by atoms with Crippen LogP contribution in [0, 0.1) is 12.7 Å². The third-order valence-corrected chi connectivity index (χ3v) is 5.74. The molecule has 174 valence electrons. The zero-order chi connectivity index (χ0) is 24.4. The number of hydrogen-bond acceptors (Lipinski definition) is 4. The van der Waals surface area contributed by atoms with Gasteiger partial charge in [0, 0.05) is 11.6 Å². The van der Waals surface area contributed by atoms with Crippen LogP contribution in [0.25, 0.3) is 22.2 Å². The lowest BCUT2D eigenvalue weighted by molar-refractivity contribution is -0.116. The molecule has 0 radical (unpaired) electrons. The van der Waals surface area contributed by atoms with Crippen molar-refractivity contribution in [2.24, 2.45) is 0 Å². The molecule has 1 N–H and O–H groups in total. The van der Waals surface area contributed by atoms with Crippen LogP contribution in [0.15, 0.2) is 90.0 Å². The van der Waals surface area contributed by atoms with Crippen molar-refractivity contribution < 1.29 is 9.18 Å². The molecule has 0 fully saturated rings. The maximum absolute atomic E-state index is 13.6. The number of hydrogen-bond donors (Lipinski definition) is 1. The third kappa shape index (κ3) is 4.72. The summed E-state index contributed by atoms with van der Waals surface area (Å²) >= 11 is 0. The number of carbonyl (C=O) groups excluding carboxylic acids is 1. The molecular weight excluding hydrogens is 445 g/mol. The number of halogens is 1. The van der Waals surface area contributed by atoms with Crippen LogP contribution in [-0.2, 0) is 17.9 Å². The summed E-state index contributed by atoms with van der Waals surface area (Å²) in [6.45, 7) is 2.19. The molecule has 0 bridgehead atoms. The van der Waals surface area contributed by atoms with E-state index in [1.807, 2.05) is 67.6 Å². The quantitative estimate of drug-likeness (QED) is 0.402. The molecule has 0 atom stereocenters. The zero-order valence-corrected chi connectivity index (χ0v) is 19.0. The zero-order valence-electron chi connectivity index (χ0n) is 19.0. The van der Waals surface area contributed by atoms with Gasteiger partial charge in [0.2, 0.25) is 5.91 Å². The second kappa shape index (κ2) is 9.34. The monoisotopic (exact) mass is 467 g/mol. The van der Waals surface area contributed by atoms with Gasteiger partial charge < -0.3 is 5.32 Å². The first-order valence-corrected chi connectivity index (χ1v) is 11.1. The Balaban J connectivity index is 1.45. The van der Waals surface area contributed by atoms with E-state index in [0.29, 0.717) is 17.9 Å². The number of aromatic nitrogens is 4. The first-order valence-electron chi connectivity index (χ1n) is 11.1. The Morgan fingerprint density at radius 2 is 1.77 bits per heavy atom. The number of rotatable bonds is 6. The van der Waals surface area contributed by atoms with Gasteiger partial charge >= 0.3 is 0 Å². The summed E-state index contributed by atoms with van der Waals surface area (Å²) in [5.41, 5.74) is 3.68. The lowest BCUT2D eigenvalue weighted by atomic mass is 10.1. The number of carbonyl (C=O) groups is 1. The Hall–Kier alpha value is -4.59. The van der Waals surface area contributed by atoms with E-state index in [4.69, 9.17) is 5.10 Å². The topological polar surface area (TPSA) is 81.8 Å². The maximum atomic E-state index is 13.6. The maximum Gasteiger partial charge on any atom is 0.261 e. The summed E-state index contributed by atoms with van der Waals surface area (Å²) in [6, 6.07) is 23.3. The third-order valence-electron chi connectivity index (χ3n) is 5.74. The van der Waals surface area contributed by atoms with E-state index in [2.05, 4.69) is 10.3 Å². The summed E-state index contributed by atoms with van der Waals surface area (Å²) in [4.78, 5) is 29.9. The molecule has 0 aliphatic carbocycles. The minimum absolute atomic E-state index is 0.122.